The number of halogens is 2. The van der Waals surface area contributed by atoms with E-state index in [4.69, 9.17) is 10.5 Å². The standard InChI is InChI=1S/C20H24FN3O3.ClH/c1-4-10-20(2,22)19(26)23-15-8-9-17(27-3)16(12-15)24-18(25)13-6-5-7-14(21)11-13;/h5-9,11-12H,4,10,22H2,1-3H3,(H,23,26)(H,24,25);1H. The van der Waals surface area contributed by atoms with E-state index < -0.39 is 17.3 Å². The van der Waals surface area contributed by atoms with Crippen LogP contribution in [0.15, 0.2) is 42.5 Å². The Bertz CT molecular complexity index is 843. The summed E-state index contributed by atoms with van der Waals surface area (Å²) < 4.78 is 18.6. The van der Waals surface area contributed by atoms with E-state index >= 15 is 0 Å². The second kappa shape index (κ2) is 10.1. The van der Waals surface area contributed by atoms with Gasteiger partial charge in [-0.25, -0.2) is 4.39 Å². The number of nitrogens with one attached hydrogen (secondary N) is 2. The maximum Gasteiger partial charge on any atom is 0.255 e. The van der Waals surface area contributed by atoms with Crippen LogP contribution in [0, 0.1) is 5.82 Å². The number of hydrogen-bond donors (Lipinski definition) is 3. The van der Waals surface area contributed by atoms with Gasteiger partial charge in [0, 0.05) is 11.3 Å². The van der Waals surface area contributed by atoms with Crippen LogP contribution in [0.25, 0.3) is 0 Å². The van der Waals surface area contributed by atoms with Crippen LogP contribution in [0.4, 0.5) is 15.8 Å². The van der Waals surface area contributed by atoms with E-state index in [1.165, 1.54) is 25.3 Å². The van der Waals surface area contributed by atoms with Crippen molar-refractivity contribution in [3.63, 3.8) is 0 Å². The number of rotatable bonds is 7. The molecule has 2 amide bonds. The molecule has 0 aliphatic rings. The molecule has 152 valence electrons. The van der Waals surface area contributed by atoms with Gasteiger partial charge in [0.05, 0.1) is 18.3 Å². The average Bonchev–Trinajstić information content (AvgIpc) is 2.62. The van der Waals surface area contributed by atoms with Gasteiger partial charge in [0.2, 0.25) is 5.91 Å². The molecule has 2 aromatic carbocycles. The number of nitrogens with two attached hydrogens (primary N) is 1. The molecule has 0 aliphatic carbocycles. The number of anilines is 2. The van der Waals surface area contributed by atoms with E-state index in [0.717, 1.165) is 12.5 Å². The van der Waals surface area contributed by atoms with E-state index in [-0.39, 0.29) is 23.9 Å². The fourth-order valence-electron chi connectivity index (χ4n) is 2.61. The monoisotopic (exact) mass is 409 g/mol. The molecule has 0 aromatic heterocycles. The van der Waals surface area contributed by atoms with Gasteiger partial charge in [0.1, 0.15) is 11.6 Å². The molecule has 4 N–H and O–H groups in total. The highest BCUT2D eigenvalue weighted by atomic mass is 35.5. The lowest BCUT2D eigenvalue weighted by molar-refractivity contribution is -0.120. The summed E-state index contributed by atoms with van der Waals surface area (Å²) in [5, 5.41) is 5.42. The van der Waals surface area contributed by atoms with Crippen LogP contribution < -0.4 is 21.1 Å². The first-order valence-electron chi connectivity index (χ1n) is 8.62. The molecule has 1 unspecified atom stereocenters. The highest BCUT2D eigenvalue weighted by Gasteiger charge is 2.27. The van der Waals surface area contributed by atoms with Gasteiger partial charge in [0.25, 0.3) is 5.91 Å². The molecule has 1 atom stereocenters. The fourth-order valence-corrected chi connectivity index (χ4v) is 2.61. The van der Waals surface area contributed by atoms with Gasteiger partial charge in [0.15, 0.2) is 0 Å². The number of carbonyl (C=O) groups is 2. The van der Waals surface area contributed by atoms with Crippen molar-refractivity contribution in [1.29, 1.82) is 0 Å². The summed E-state index contributed by atoms with van der Waals surface area (Å²) in [5.74, 6) is -0.918. The van der Waals surface area contributed by atoms with Gasteiger partial charge in [-0.3, -0.25) is 9.59 Å². The van der Waals surface area contributed by atoms with Gasteiger partial charge in [-0.1, -0.05) is 19.4 Å². The predicted octanol–water partition coefficient (Wildman–Crippen LogP) is 3.96. The van der Waals surface area contributed by atoms with Crippen LogP contribution >= 0.6 is 12.4 Å². The predicted molar refractivity (Wildman–Crippen MR) is 111 cm³/mol. The van der Waals surface area contributed by atoms with Crippen LogP contribution in [0.3, 0.4) is 0 Å². The Hall–Kier alpha value is -2.64. The number of amides is 2. The highest BCUT2D eigenvalue weighted by Crippen LogP contribution is 2.29. The zero-order valence-corrected chi connectivity index (χ0v) is 16.9. The summed E-state index contributed by atoms with van der Waals surface area (Å²) in [4.78, 5) is 24.7. The van der Waals surface area contributed by atoms with E-state index in [0.29, 0.717) is 23.5 Å². The SMILES string of the molecule is CCCC(C)(N)C(=O)Nc1ccc(OC)c(NC(=O)c2cccc(F)c2)c1.Cl. The smallest absolute Gasteiger partial charge is 0.255 e. The first kappa shape index (κ1) is 23.4. The zero-order valence-electron chi connectivity index (χ0n) is 16.0. The minimum atomic E-state index is -1.00. The number of carbonyl (C=O) groups excluding carboxylic acids is 2. The molecule has 8 heteroatoms. The van der Waals surface area contributed by atoms with Crippen LogP contribution in [0.1, 0.15) is 37.0 Å². The summed E-state index contributed by atoms with van der Waals surface area (Å²) in [7, 11) is 1.46. The third kappa shape index (κ3) is 5.94. The van der Waals surface area contributed by atoms with Gasteiger partial charge in [-0.15, -0.1) is 12.4 Å². The lowest BCUT2D eigenvalue weighted by Crippen LogP contribution is -2.48. The molecule has 0 radical (unpaired) electrons. The zero-order chi connectivity index (χ0) is 20.0. The third-order valence-electron chi connectivity index (χ3n) is 4.08. The minimum absolute atomic E-state index is 0. The van der Waals surface area contributed by atoms with E-state index in [1.54, 1.807) is 25.1 Å². The number of methoxy groups -OCH3 is 1. The first-order chi connectivity index (χ1) is 12.8. The molecule has 2 aromatic rings. The molecule has 6 nitrogen and oxygen atoms in total. The van der Waals surface area contributed by atoms with Crippen molar-refractivity contribution in [2.75, 3.05) is 17.7 Å². The quantitative estimate of drug-likeness (QED) is 0.645. The van der Waals surface area contributed by atoms with Crippen LogP contribution in [-0.4, -0.2) is 24.5 Å². The third-order valence-corrected chi connectivity index (χ3v) is 4.08. The molecule has 0 bridgehead atoms. The molecular formula is C20H25ClFN3O3. The van der Waals surface area contributed by atoms with Crippen molar-refractivity contribution in [3.8, 4) is 5.75 Å². The molecule has 0 spiro atoms. The van der Waals surface area contributed by atoms with Crippen molar-refractivity contribution >= 4 is 35.6 Å². The Labute approximate surface area is 170 Å². The lowest BCUT2D eigenvalue weighted by atomic mass is 9.96. The lowest BCUT2D eigenvalue weighted by Gasteiger charge is -2.23. The summed E-state index contributed by atoms with van der Waals surface area (Å²) in [5.41, 5.74) is 6.02. The van der Waals surface area contributed by atoms with E-state index in [9.17, 15) is 14.0 Å². The number of benzene rings is 2. The molecule has 0 heterocycles. The van der Waals surface area contributed by atoms with Gasteiger partial charge >= 0.3 is 0 Å². The summed E-state index contributed by atoms with van der Waals surface area (Å²) in [6.45, 7) is 3.62. The van der Waals surface area contributed by atoms with E-state index in [1.807, 2.05) is 6.92 Å². The average molecular weight is 410 g/mol. The van der Waals surface area contributed by atoms with Crippen molar-refractivity contribution in [3.05, 3.63) is 53.8 Å². The summed E-state index contributed by atoms with van der Waals surface area (Å²) >= 11 is 0. The Balaban J connectivity index is 0.00000392. The molecule has 28 heavy (non-hydrogen) atoms. The van der Waals surface area contributed by atoms with Crippen LogP contribution in [0.5, 0.6) is 5.75 Å². The Morgan fingerprint density at radius 1 is 1.18 bits per heavy atom. The second-order valence-corrected chi connectivity index (χ2v) is 6.50. The molecule has 0 saturated carbocycles. The Kier molecular flexibility index (Phi) is 8.40. The van der Waals surface area contributed by atoms with Crippen molar-refractivity contribution in [1.82, 2.24) is 0 Å². The van der Waals surface area contributed by atoms with Crippen LogP contribution in [0.2, 0.25) is 0 Å². The molecule has 2 rings (SSSR count). The number of hydrogen-bond acceptors (Lipinski definition) is 4. The Morgan fingerprint density at radius 3 is 2.50 bits per heavy atom. The maximum absolute atomic E-state index is 13.3. The summed E-state index contributed by atoms with van der Waals surface area (Å²) in [6.07, 6.45) is 1.32. The number of ether oxygens (including phenoxy) is 1. The van der Waals surface area contributed by atoms with Gasteiger partial charge in [-0.05, 0) is 49.7 Å². The minimum Gasteiger partial charge on any atom is -0.495 e. The van der Waals surface area contributed by atoms with Gasteiger partial charge in [-0.2, -0.15) is 0 Å². The summed E-state index contributed by atoms with van der Waals surface area (Å²) in [6, 6.07) is 10.2. The molecule has 0 saturated heterocycles. The molecular weight excluding hydrogens is 385 g/mol. The maximum atomic E-state index is 13.3. The van der Waals surface area contributed by atoms with Crippen LogP contribution in [-0.2, 0) is 4.79 Å². The van der Waals surface area contributed by atoms with E-state index in [2.05, 4.69) is 10.6 Å². The normalized spacial score (nSPS) is 12.3. The largest absolute Gasteiger partial charge is 0.495 e. The molecule has 0 aliphatic heterocycles. The van der Waals surface area contributed by atoms with Crippen molar-refractivity contribution in [2.24, 2.45) is 5.73 Å². The second-order valence-electron chi connectivity index (χ2n) is 6.50. The topological polar surface area (TPSA) is 93.5 Å². The van der Waals surface area contributed by atoms with Crippen molar-refractivity contribution < 1.29 is 18.7 Å². The van der Waals surface area contributed by atoms with Crippen molar-refractivity contribution in [2.45, 2.75) is 32.2 Å². The Morgan fingerprint density at radius 2 is 1.89 bits per heavy atom. The fraction of sp³-hybridized carbons (Fsp3) is 0.300. The molecule has 0 fully saturated rings. The first-order valence-corrected chi connectivity index (χ1v) is 8.62. The highest BCUT2D eigenvalue weighted by molar-refractivity contribution is 6.05. The van der Waals surface area contributed by atoms with Gasteiger partial charge < -0.3 is 21.1 Å².